The maximum Gasteiger partial charge on any atom is 0.417 e. The van der Waals surface area contributed by atoms with Gasteiger partial charge in [0.1, 0.15) is 5.82 Å². The molecule has 188 valence electrons. The predicted octanol–water partition coefficient (Wildman–Crippen LogP) is 3.34. The van der Waals surface area contributed by atoms with E-state index >= 15 is 0 Å². The number of piperazine rings is 2. The molecule has 10 heteroatoms. The van der Waals surface area contributed by atoms with Gasteiger partial charge in [0, 0.05) is 71.0 Å². The topological polar surface area (TPSA) is 47.1 Å². The Morgan fingerprint density at radius 3 is 2.00 bits per heavy atom. The van der Waals surface area contributed by atoms with Crippen molar-refractivity contribution in [2.45, 2.75) is 12.6 Å². The van der Waals surface area contributed by atoms with E-state index in [1.54, 1.807) is 12.1 Å². The summed E-state index contributed by atoms with van der Waals surface area (Å²) in [5, 5.41) is 0. The second-order valence-corrected chi connectivity index (χ2v) is 8.77. The molecular weight excluding hydrogens is 464 g/mol. The first kappa shape index (κ1) is 25.0. The van der Waals surface area contributed by atoms with Gasteiger partial charge >= 0.3 is 6.18 Å². The molecule has 2 aromatic carbocycles. The highest BCUT2D eigenvalue weighted by atomic mass is 19.4. The molecule has 35 heavy (non-hydrogen) atoms. The molecule has 2 aromatic rings. The molecule has 0 spiro atoms. The minimum absolute atomic E-state index is 0.0568. The molecule has 2 aliphatic heterocycles. The molecular formula is C25H28F4N4O2. The van der Waals surface area contributed by atoms with Crippen LogP contribution in [0.2, 0.25) is 0 Å². The quantitative estimate of drug-likeness (QED) is 0.601. The fourth-order valence-electron chi connectivity index (χ4n) is 4.54. The largest absolute Gasteiger partial charge is 0.417 e. The number of rotatable bonds is 5. The summed E-state index contributed by atoms with van der Waals surface area (Å²) in [4.78, 5) is 32.8. The number of nitrogens with zero attached hydrogens (tertiary/aromatic N) is 4. The molecule has 0 saturated carbocycles. The Labute approximate surface area is 201 Å². The molecule has 0 aliphatic carbocycles. The third-order valence-corrected chi connectivity index (χ3v) is 6.59. The number of hydrogen-bond donors (Lipinski definition) is 0. The summed E-state index contributed by atoms with van der Waals surface area (Å²) < 4.78 is 52.9. The average molecular weight is 493 g/mol. The number of benzene rings is 2. The standard InChI is InChI=1S/C25H28F4N4O2/c26-19-5-7-20(8-6-19)31-15-17-32(18-16-31)23(34)9-10-30-11-13-33(14-12-30)24(35)21-3-1-2-4-22(21)25(27,28)29/h1-8H,9-18H2. The van der Waals surface area contributed by atoms with Crippen molar-refractivity contribution in [3.8, 4) is 0 Å². The molecule has 0 unspecified atom stereocenters. The van der Waals surface area contributed by atoms with Crippen molar-refractivity contribution in [2.24, 2.45) is 0 Å². The van der Waals surface area contributed by atoms with Crippen LogP contribution in [0.5, 0.6) is 0 Å². The monoisotopic (exact) mass is 492 g/mol. The summed E-state index contributed by atoms with van der Waals surface area (Å²) in [6, 6.07) is 11.2. The number of carbonyl (C=O) groups excluding carboxylic acids is 2. The van der Waals surface area contributed by atoms with Gasteiger partial charge in [-0.05, 0) is 36.4 Å². The van der Waals surface area contributed by atoms with Crippen LogP contribution in [0.3, 0.4) is 0 Å². The van der Waals surface area contributed by atoms with Crippen molar-refractivity contribution in [3.05, 3.63) is 65.5 Å². The number of alkyl halides is 3. The van der Waals surface area contributed by atoms with Gasteiger partial charge in [0.05, 0.1) is 11.1 Å². The second kappa shape index (κ2) is 10.6. The fourth-order valence-corrected chi connectivity index (χ4v) is 4.54. The lowest BCUT2D eigenvalue weighted by atomic mass is 10.1. The Morgan fingerprint density at radius 1 is 0.771 bits per heavy atom. The summed E-state index contributed by atoms with van der Waals surface area (Å²) in [5.41, 5.74) is -0.315. The number of anilines is 1. The van der Waals surface area contributed by atoms with Gasteiger partial charge < -0.3 is 14.7 Å². The lowest BCUT2D eigenvalue weighted by Gasteiger charge is -2.37. The molecule has 2 heterocycles. The zero-order chi connectivity index (χ0) is 25.0. The number of amides is 2. The molecule has 2 fully saturated rings. The zero-order valence-electron chi connectivity index (χ0n) is 19.3. The van der Waals surface area contributed by atoms with Crippen molar-refractivity contribution in [3.63, 3.8) is 0 Å². The van der Waals surface area contributed by atoms with Crippen molar-refractivity contribution >= 4 is 17.5 Å². The molecule has 2 amide bonds. The highest BCUT2D eigenvalue weighted by molar-refractivity contribution is 5.96. The molecule has 6 nitrogen and oxygen atoms in total. The molecule has 0 aromatic heterocycles. The first-order chi connectivity index (χ1) is 16.7. The molecule has 0 N–H and O–H groups in total. The van der Waals surface area contributed by atoms with Crippen molar-refractivity contribution < 1.29 is 27.2 Å². The molecule has 2 aliphatic rings. The maximum atomic E-state index is 13.3. The second-order valence-electron chi connectivity index (χ2n) is 8.77. The molecule has 4 rings (SSSR count). The van der Waals surface area contributed by atoms with Crippen molar-refractivity contribution in [2.75, 3.05) is 63.8 Å². The third kappa shape index (κ3) is 6.11. The van der Waals surface area contributed by atoms with Gasteiger partial charge in [-0.1, -0.05) is 12.1 Å². The van der Waals surface area contributed by atoms with Crippen LogP contribution < -0.4 is 4.90 Å². The minimum atomic E-state index is -4.58. The van der Waals surface area contributed by atoms with Gasteiger partial charge in [-0.2, -0.15) is 13.2 Å². The van der Waals surface area contributed by atoms with E-state index in [1.807, 2.05) is 4.90 Å². The van der Waals surface area contributed by atoms with Gasteiger partial charge in [0.2, 0.25) is 5.91 Å². The third-order valence-electron chi connectivity index (χ3n) is 6.59. The van der Waals surface area contributed by atoms with Crippen molar-refractivity contribution in [1.29, 1.82) is 0 Å². The first-order valence-corrected chi connectivity index (χ1v) is 11.7. The van der Waals surface area contributed by atoms with Gasteiger partial charge in [-0.3, -0.25) is 14.5 Å². The van der Waals surface area contributed by atoms with E-state index in [1.165, 1.54) is 35.2 Å². The van der Waals surface area contributed by atoms with Crippen LogP contribution in [-0.4, -0.2) is 85.4 Å². The van der Waals surface area contributed by atoms with E-state index in [4.69, 9.17) is 0 Å². The highest BCUT2D eigenvalue weighted by Crippen LogP contribution is 2.32. The van der Waals surface area contributed by atoms with Crippen LogP contribution in [0, 0.1) is 5.82 Å². The van der Waals surface area contributed by atoms with E-state index < -0.39 is 17.6 Å². The van der Waals surface area contributed by atoms with Gasteiger partial charge in [-0.25, -0.2) is 4.39 Å². The summed E-state index contributed by atoms with van der Waals surface area (Å²) in [6.07, 6.45) is -4.24. The Bertz CT molecular complexity index is 1030. The lowest BCUT2D eigenvalue weighted by Crippen LogP contribution is -2.51. The molecule has 0 bridgehead atoms. The van der Waals surface area contributed by atoms with E-state index in [2.05, 4.69) is 9.80 Å². The molecule has 0 radical (unpaired) electrons. The first-order valence-electron chi connectivity index (χ1n) is 11.7. The van der Waals surface area contributed by atoms with E-state index in [0.29, 0.717) is 65.3 Å². The van der Waals surface area contributed by atoms with Gasteiger partial charge in [-0.15, -0.1) is 0 Å². The highest BCUT2D eigenvalue weighted by Gasteiger charge is 2.36. The van der Waals surface area contributed by atoms with Crippen LogP contribution in [0.25, 0.3) is 0 Å². The summed E-state index contributed by atoms with van der Waals surface area (Å²) in [5.74, 6) is -0.840. The summed E-state index contributed by atoms with van der Waals surface area (Å²) >= 11 is 0. The number of halogens is 4. The average Bonchev–Trinajstić information content (AvgIpc) is 2.87. The van der Waals surface area contributed by atoms with Crippen LogP contribution in [-0.2, 0) is 11.0 Å². The molecule has 2 saturated heterocycles. The van der Waals surface area contributed by atoms with Crippen LogP contribution in [0.4, 0.5) is 23.2 Å². The van der Waals surface area contributed by atoms with E-state index in [9.17, 15) is 27.2 Å². The van der Waals surface area contributed by atoms with Crippen LogP contribution >= 0.6 is 0 Å². The molecule has 0 atom stereocenters. The van der Waals surface area contributed by atoms with Gasteiger partial charge in [0.15, 0.2) is 0 Å². The number of carbonyl (C=O) groups is 2. The smallest absolute Gasteiger partial charge is 0.368 e. The Hall–Kier alpha value is -3.14. The Balaban J connectivity index is 1.21. The maximum absolute atomic E-state index is 13.3. The minimum Gasteiger partial charge on any atom is -0.368 e. The fraction of sp³-hybridized carbons (Fsp3) is 0.440. The van der Waals surface area contributed by atoms with Crippen LogP contribution in [0.1, 0.15) is 22.3 Å². The normalized spacial score (nSPS) is 17.5. The van der Waals surface area contributed by atoms with Crippen LogP contribution in [0.15, 0.2) is 48.5 Å². The van der Waals surface area contributed by atoms with E-state index in [0.717, 1.165) is 11.8 Å². The summed E-state index contributed by atoms with van der Waals surface area (Å²) in [7, 11) is 0. The predicted molar refractivity (Wildman–Crippen MR) is 124 cm³/mol. The summed E-state index contributed by atoms with van der Waals surface area (Å²) in [6.45, 7) is 4.73. The lowest BCUT2D eigenvalue weighted by molar-refractivity contribution is -0.138. The SMILES string of the molecule is O=C(CCN1CCN(C(=O)c2ccccc2C(F)(F)F)CC1)N1CCN(c2ccc(F)cc2)CC1. The van der Waals surface area contributed by atoms with E-state index in [-0.39, 0.29) is 17.3 Å². The Morgan fingerprint density at radius 2 is 1.37 bits per heavy atom. The van der Waals surface area contributed by atoms with Gasteiger partial charge in [0.25, 0.3) is 5.91 Å². The zero-order valence-corrected chi connectivity index (χ0v) is 19.3. The number of hydrogen-bond acceptors (Lipinski definition) is 4. The Kier molecular flexibility index (Phi) is 7.59. The van der Waals surface area contributed by atoms with Crippen molar-refractivity contribution in [1.82, 2.24) is 14.7 Å².